The molecule has 1 aromatic carbocycles. The number of nitrogens with two attached hydrogens (primary N) is 1. The molecule has 0 aromatic heterocycles. The molecule has 1 fully saturated rings. The molecule has 0 aliphatic heterocycles. The van der Waals surface area contributed by atoms with Gasteiger partial charge in [-0.15, -0.1) is 0 Å². The number of hydrogen-bond acceptors (Lipinski definition) is 3. The lowest BCUT2D eigenvalue weighted by molar-refractivity contribution is 0.0696. The summed E-state index contributed by atoms with van der Waals surface area (Å²) in [5.74, 6) is -0.530. The van der Waals surface area contributed by atoms with Crippen LogP contribution in [-0.2, 0) is 0 Å². The van der Waals surface area contributed by atoms with Crippen LogP contribution < -0.4 is 10.5 Å². The number of carbonyl (C=O) groups is 1. The summed E-state index contributed by atoms with van der Waals surface area (Å²) in [6.45, 7) is 4.53. The number of hydrogen-bond donors (Lipinski definition) is 2. The van der Waals surface area contributed by atoms with E-state index in [0.717, 1.165) is 25.7 Å². The van der Waals surface area contributed by atoms with Gasteiger partial charge in [0, 0.05) is 0 Å². The molecule has 4 heteroatoms. The molecule has 104 valence electrons. The van der Waals surface area contributed by atoms with E-state index in [2.05, 4.69) is 13.8 Å². The van der Waals surface area contributed by atoms with Crippen LogP contribution in [0.2, 0.25) is 0 Å². The van der Waals surface area contributed by atoms with Crippen LogP contribution in [0.3, 0.4) is 0 Å². The van der Waals surface area contributed by atoms with Crippen LogP contribution in [0.5, 0.6) is 5.75 Å². The van der Waals surface area contributed by atoms with Gasteiger partial charge in [-0.25, -0.2) is 4.79 Å². The number of carboxylic acids is 1. The molecular formula is C15H21NO3. The van der Waals surface area contributed by atoms with Crippen molar-refractivity contribution in [3.8, 4) is 5.75 Å². The van der Waals surface area contributed by atoms with Crippen molar-refractivity contribution < 1.29 is 14.6 Å². The molecule has 1 saturated carbocycles. The molecular weight excluding hydrogens is 242 g/mol. The van der Waals surface area contributed by atoms with Crippen molar-refractivity contribution in [3.63, 3.8) is 0 Å². The first-order chi connectivity index (χ1) is 8.89. The third kappa shape index (κ3) is 3.19. The molecule has 0 bridgehead atoms. The van der Waals surface area contributed by atoms with Gasteiger partial charge in [-0.2, -0.15) is 0 Å². The van der Waals surface area contributed by atoms with Crippen LogP contribution in [0.4, 0.5) is 5.69 Å². The van der Waals surface area contributed by atoms with E-state index in [0.29, 0.717) is 11.2 Å². The van der Waals surface area contributed by atoms with Gasteiger partial charge in [0.05, 0.1) is 17.4 Å². The number of para-hydroxylation sites is 1. The quantitative estimate of drug-likeness (QED) is 0.820. The van der Waals surface area contributed by atoms with E-state index in [1.165, 1.54) is 6.07 Å². The summed E-state index contributed by atoms with van der Waals surface area (Å²) in [7, 11) is 0. The van der Waals surface area contributed by atoms with E-state index in [4.69, 9.17) is 15.6 Å². The van der Waals surface area contributed by atoms with Crippen molar-refractivity contribution in [2.24, 2.45) is 5.41 Å². The van der Waals surface area contributed by atoms with Gasteiger partial charge in [-0.3, -0.25) is 0 Å². The molecule has 4 nitrogen and oxygen atoms in total. The molecule has 0 saturated heterocycles. The lowest BCUT2D eigenvalue weighted by atomic mass is 9.76. The Morgan fingerprint density at radius 3 is 2.58 bits per heavy atom. The minimum atomic E-state index is -1.02. The number of benzene rings is 1. The van der Waals surface area contributed by atoms with E-state index in [1.807, 2.05) is 0 Å². The molecule has 3 N–H and O–H groups in total. The van der Waals surface area contributed by atoms with Crippen LogP contribution in [0, 0.1) is 5.41 Å². The number of rotatable bonds is 3. The molecule has 0 amide bonds. The summed E-state index contributed by atoms with van der Waals surface area (Å²) in [5.41, 5.74) is 6.56. The SMILES string of the molecule is CC1(C)CCC(Oc2cccc(C(=O)O)c2N)CC1. The van der Waals surface area contributed by atoms with Crippen molar-refractivity contribution in [1.82, 2.24) is 0 Å². The first-order valence-electron chi connectivity index (χ1n) is 6.67. The van der Waals surface area contributed by atoms with Gasteiger partial charge in [0.15, 0.2) is 0 Å². The van der Waals surface area contributed by atoms with Gasteiger partial charge in [0.1, 0.15) is 5.75 Å². The molecule has 0 heterocycles. The third-order valence-corrected chi connectivity index (χ3v) is 3.88. The highest BCUT2D eigenvalue weighted by Crippen LogP contribution is 2.37. The highest BCUT2D eigenvalue weighted by molar-refractivity contribution is 5.95. The fourth-order valence-corrected chi connectivity index (χ4v) is 2.50. The molecule has 0 unspecified atom stereocenters. The number of carboxylic acid groups (broad SMARTS) is 1. The molecule has 1 aliphatic rings. The van der Waals surface area contributed by atoms with Gasteiger partial charge in [0.2, 0.25) is 0 Å². The normalized spacial score (nSPS) is 19.1. The maximum atomic E-state index is 11.0. The van der Waals surface area contributed by atoms with Crippen molar-refractivity contribution in [1.29, 1.82) is 0 Å². The Labute approximate surface area is 113 Å². The second-order valence-corrected chi connectivity index (χ2v) is 6.00. The summed E-state index contributed by atoms with van der Waals surface area (Å²) in [6, 6.07) is 4.90. The maximum absolute atomic E-state index is 11.0. The van der Waals surface area contributed by atoms with Gasteiger partial charge < -0.3 is 15.6 Å². The minimum Gasteiger partial charge on any atom is -0.488 e. The number of ether oxygens (including phenoxy) is 1. The Kier molecular flexibility index (Phi) is 3.69. The van der Waals surface area contributed by atoms with Gasteiger partial charge in [-0.05, 0) is 43.2 Å². The van der Waals surface area contributed by atoms with Crippen molar-refractivity contribution >= 4 is 11.7 Å². The van der Waals surface area contributed by atoms with E-state index in [1.54, 1.807) is 12.1 Å². The van der Waals surface area contributed by atoms with Gasteiger partial charge >= 0.3 is 5.97 Å². The zero-order valence-electron chi connectivity index (χ0n) is 11.5. The Hall–Kier alpha value is -1.71. The molecule has 19 heavy (non-hydrogen) atoms. The Balaban J connectivity index is 2.08. The summed E-state index contributed by atoms with van der Waals surface area (Å²) in [6.07, 6.45) is 4.36. The minimum absolute atomic E-state index is 0.105. The first kappa shape index (κ1) is 13.7. The summed E-state index contributed by atoms with van der Waals surface area (Å²) >= 11 is 0. The molecule has 1 aromatic rings. The molecule has 0 atom stereocenters. The fourth-order valence-electron chi connectivity index (χ4n) is 2.50. The second kappa shape index (κ2) is 5.11. The van der Waals surface area contributed by atoms with Crippen LogP contribution >= 0.6 is 0 Å². The van der Waals surface area contributed by atoms with Crippen LogP contribution in [0.1, 0.15) is 49.9 Å². The largest absolute Gasteiger partial charge is 0.488 e. The monoisotopic (exact) mass is 263 g/mol. The molecule has 0 radical (unpaired) electrons. The lowest BCUT2D eigenvalue weighted by Gasteiger charge is -2.34. The summed E-state index contributed by atoms with van der Waals surface area (Å²) < 4.78 is 5.88. The average molecular weight is 263 g/mol. The second-order valence-electron chi connectivity index (χ2n) is 6.00. The Morgan fingerprint density at radius 1 is 1.37 bits per heavy atom. The van der Waals surface area contributed by atoms with Crippen molar-refractivity contribution in [2.45, 2.75) is 45.6 Å². The fraction of sp³-hybridized carbons (Fsp3) is 0.533. The highest BCUT2D eigenvalue weighted by atomic mass is 16.5. The first-order valence-corrected chi connectivity index (χ1v) is 6.67. The van der Waals surface area contributed by atoms with Crippen molar-refractivity contribution in [2.75, 3.05) is 5.73 Å². The standard InChI is InChI=1S/C15H21NO3/c1-15(2)8-6-10(7-9-15)19-12-5-3-4-11(13(12)16)14(17)18/h3-5,10H,6-9,16H2,1-2H3,(H,17,18). The zero-order chi connectivity index (χ0) is 14.0. The topological polar surface area (TPSA) is 72.5 Å². The predicted octanol–water partition coefficient (Wildman–Crippen LogP) is 3.31. The van der Waals surface area contributed by atoms with E-state index in [-0.39, 0.29) is 17.4 Å². The van der Waals surface area contributed by atoms with Gasteiger partial charge in [0.25, 0.3) is 0 Å². The number of anilines is 1. The average Bonchev–Trinajstić information content (AvgIpc) is 2.34. The van der Waals surface area contributed by atoms with Crippen LogP contribution in [0.25, 0.3) is 0 Å². The molecule has 2 rings (SSSR count). The highest BCUT2D eigenvalue weighted by Gasteiger charge is 2.28. The van der Waals surface area contributed by atoms with Gasteiger partial charge in [-0.1, -0.05) is 19.9 Å². The number of aromatic carboxylic acids is 1. The predicted molar refractivity (Wildman–Crippen MR) is 74.5 cm³/mol. The summed E-state index contributed by atoms with van der Waals surface area (Å²) in [4.78, 5) is 11.0. The maximum Gasteiger partial charge on any atom is 0.337 e. The zero-order valence-corrected chi connectivity index (χ0v) is 11.5. The van der Waals surface area contributed by atoms with E-state index in [9.17, 15) is 4.79 Å². The molecule has 1 aliphatic carbocycles. The van der Waals surface area contributed by atoms with E-state index >= 15 is 0 Å². The Bertz CT molecular complexity index is 472. The van der Waals surface area contributed by atoms with Crippen LogP contribution in [0.15, 0.2) is 18.2 Å². The smallest absolute Gasteiger partial charge is 0.337 e. The molecule has 0 spiro atoms. The summed E-state index contributed by atoms with van der Waals surface area (Å²) in [5, 5.41) is 9.03. The van der Waals surface area contributed by atoms with Crippen molar-refractivity contribution in [3.05, 3.63) is 23.8 Å². The third-order valence-electron chi connectivity index (χ3n) is 3.88. The number of nitrogen functional groups attached to an aromatic ring is 1. The Morgan fingerprint density at radius 2 is 2.00 bits per heavy atom. The lowest BCUT2D eigenvalue weighted by Crippen LogP contribution is -2.28. The van der Waals surface area contributed by atoms with Crippen LogP contribution in [-0.4, -0.2) is 17.2 Å². The van der Waals surface area contributed by atoms with E-state index < -0.39 is 5.97 Å².